The molecule has 0 aromatic carbocycles. The van der Waals surface area contributed by atoms with Crippen molar-refractivity contribution in [2.45, 2.75) is 39.6 Å². The Morgan fingerprint density at radius 2 is 1.91 bits per heavy atom. The van der Waals surface area contributed by atoms with Crippen LogP contribution in [0.15, 0.2) is 0 Å². The van der Waals surface area contributed by atoms with Gasteiger partial charge in [-0.15, -0.1) is 0 Å². The van der Waals surface area contributed by atoms with E-state index in [1.807, 2.05) is 13.8 Å². The van der Waals surface area contributed by atoms with Crippen LogP contribution in [0.5, 0.6) is 0 Å². The smallest absolute Gasteiger partial charge is 0.186 e. The highest BCUT2D eigenvalue weighted by molar-refractivity contribution is 4.51. The molecule has 0 aromatic rings. The van der Waals surface area contributed by atoms with Gasteiger partial charge in [-0.3, -0.25) is 0 Å². The van der Waals surface area contributed by atoms with Gasteiger partial charge >= 0.3 is 0 Å². The lowest BCUT2D eigenvalue weighted by molar-refractivity contribution is -0.200. The van der Waals surface area contributed by atoms with Gasteiger partial charge in [-0.05, 0) is 20.3 Å². The van der Waals surface area contributed by atoms with E-state index in [1.165, 1.54) is 0 Å². The lowest BCUT2D eigenvalue weighted by atomic mass is 10.4. The minimum absolute atomic E-state index is 0.529. The van der Waals surface area contributed by atoms with Crippen molar-refractivity contribution >= 4 is 0 Å². The standard InChI is InChI=1S/C8H17O3/c1-4-6-11-8(7(3)9)10-5-2/h7-8H,4-6H2,1-3H3. The van der Waals surface area contributed by atoms with Crippen LogP contribution in [0, 0.1) is 0 Å². The van der Waals surface area contributed by atoms with Crippen LogP contribution in [-0.4, -0.2) is 25.6 Å². The molecular formula is C8H17O3. The topological polar surface area (TPSA) is 38.4 Å². The molecule has 67 valence electrons. The van der Waals surface area contributed by atoms with Crippen molar-refractivity contribution in [1.82, 2.24) is 0 Å². The molecule has 0 amide bonds. The Balaban J connectivity index is 3.51. The summed E-state index contributed by atoms with van der Waals surface area (Å²) in [5.74, 6) is 0. The molecule has 3 heteroatoms. The molecule has 1 radical (unpaired) electrons. The lowest BCUT2D eigenvalue weighted by Crippen LogP contribution is -2.28. The predicted molar refractivity (Wildman–Crippen MR) is 41.8 cm³/mol. The SMILES string of the molecule is CCCOC(OCC)C(C)[O]. The third-order valence-corrected chi connectivity index (χ3v) is 1.20. The van der Waals surface area contributed by atoms with E-state index in [-0.39, 0.29) is 0 Å². The van der Waals surface area contributed by atoms with Gasteiger partial charge in [-0.1, -0.05) is 6.92 Å². The summed E-state index contributed by atoms with van der Waals surface area (Å²) in [6, 6.07) is 0. The Morgan fingerprint density at radius 3 is 2.27 bits per heavy atom. The Labute approximate surface area is 68.3 Å². The minimum atomic E-state index is -0.804. The van der Waals surface area contributed by atoms with Gasteiger partial charge < -0.3 is 9.47 Å². The molecule has 0 heterocycles. The van der Waals surface area contributed by atoms with Gasteiger partial charge in [-0.25, -0.2) is 5.11 Å². The molecule has 11 heavy (non-hydrogen) atoms. The quantitative estimate of drug-likeness (QED) is 0.555. The van der Waals surface area contributed by atoms with Crippen molar-refractivity contribution in [3.05, 3.63) is 0 Å². The zero-order valence-electron chi connectivity index (χ0n) is 7.50. The first-order chi connectivity index (χ1) is 5.22. The van der Waals surface area contributed by atoms with Crippen molar-refractivity contribution in [2.75, 3.05) is 13.2 Å². The highest BCUT2D eigenvalue weighted by atomic mass is 16.7. The van der Waals surface area contributed by atoms with E-state index in [0.29, 0.717) is 13.2 Å². The molecule has 0 fully saturated rings. The van der Waals surface area contributed by atoms with Crippen LogP contribution in [0.1, 0.15) is 27.2 Å². The molecule has 0 saturated carbocycles. The number of hydrogen-bond acceptors (Lipinski definition) is 2. The number of ether oxygens (including phenoxy) is 2. The molecule has 0 aromatic heterocycles. The predicted octanol–water partition coefficient (Wildman–Crippen LogP) is 1.59. The Hall–Kier alpha value is -0.120. The third kappa shape index (κ3) is 5.18. The van der Waals surface area contributed by atoms with Gasteiger partial charge in [0.05, 0.1) is 0 Å². The first-order valence-corrected chi connectivity index (χ1v) is 4.11. The Kier molecular flexibility index (Phi) is 6.51. The third-order valence-electron chi connectivity index (χ3n) is 1.20. The highest BCUT2D eigenvalue weighted by Crippen LogP contribution is 2.02. The van der Waals surface area contributed by atoms with E-state index < -0.39 is 12.4 Å². The van der Waals surface area contributed by atoms with Crippen LogP contribution < -0.4 is 0 Å². The molecular weight excluding hydrogens is 144 g/mol. The summed E-state index contributed by atoms with van der Waals surface area (Å²) in [7, 11) is 0. The Bertz CT molecular complexity index is 83.4. The highest BCUT2D eigenvalue weighted by Gasteiger charge is 2.15. The Morgan fingerprint density at radius 1 is 1.27 bits per heavy atom. The number of rotatable bonds is 6. The summed E-state index contributed by atoms with van der Waals surface area (Å²) in [6.45, 7) is 6.53. The fraction of sp³-hybridized carbons (Fsp3) is 1.00. The maximum Gasteiger partial charge on any atom is 0.186 e. The van der Waals surface area contributed by atoms with Crippen LogP contribution in [0.3, 0.4) is 0 Å². The van der Waals surface area contributed by atoms with Crippen LogP contribution in [0.2, 0.25) is 0 Å². The van der Waals surface area contributed by atoms with Gasteiger partial charge in [0, 0.05) is 13.2 Å². The van der Waals surface area contributed by atoms with E-state index in [0.717, 1.165) is 6.42 Å². The van der Waals surface area contributed by atoms with Crippen molar-refractivity contribution in [1.29, 1.82) is 0 Å². The normalized spacial score (nSPS) is 16.4. The minimum Gasteiger partial charge on any atom is -0.350 e. The molecule has 0 aliphatic heterocycles. The maximum absolute atomic E-state index is 10.9. The summed E-state index contributed by atoms with van der Waals surface area (Å²) < 4.78 is 10.2. The van der Waals surface area contributed by atoms with Crippen molar-refractivity contribution < 1.29 is 14.6 Å². The second kappa shape index (κ2) is 6.58. The van der Waals surface area contributed by atoms with Crippen molar-refractivity contribution in [2.24, 2.45) is 0 Å². The summed E-state index contributed by atoms with van der Waals surface area (Å²) in [6.07, 6.45) is -0.461. The van der Waals surface area contributed by atoms with Gasteiger partial charge in [0.15, 0.2) is 6.29 Å². The van der Waals surface area contributed by atoms with Gasteiger partial charge in [0.1, 0.15) is 6.10 Å². The lowest BCUT2D eigenvalue weighted by Gasteiger charge is -2.18. The summed E-state index contributed by atoms with van der Waals surface area (Å²) in [5, 5.41) is 10.9. The fourth-order valence-electron chi connectivity index (χ4n) is 0.717. The number of hydrogen-bond donors (Lipinski definition) is 0. The molecule has 0 N–H and O–H groups in total. The van der Waals surface area contributed by atoms with E-state index in [2.05, 4.69) is 0 Å². The molecule has 0 aliphatic carbocycles. The van der Waals surface area contributed by atoms with E-state index in [1.54, 1.807) is 6.92 Å². The molecule has 0 rings (SSSR count). The van der Waals surface area contributed by atoms with Crippen LogP contribution in [-0.2, 0) is 14.6 Å². The van der Waals surface area contributed by atoms with Gasteiger partial charge in [-0.2, -0.15) is 0 Å². The van der Waals surface area contributed by atoms with Crippen molar-refractivity contribution in [3.8, 4) is 0 Å². The first kappa shape index (κ1) is 10.9. The largest absolute Gasteiger partial charge is 0.350 e. The van der Waals surface area contributed by atoms with Gasteiger partial charge in [0.2, 0.25) is 0 Å². The second-order valence-corrected chi connectivity index (χ2v) is 2.40. The average molecular weight is 161 g/mol. The molecule has 2 unspecified atom stereocenters. The first-order valence-electron chi connectivity index (χ1n) is 4.11. The van der Waals surface area contributed by atoms with Crippen LogP contribution >= 0.6 is 0 Å². The zero-order valence-corrected chi connectivity index (χ0v) is 7.50. The molecule has 3 nitrogen and oxygen atoms in total. The second-order valence-electron chi connectivity index (χ2n) is 2.40. The fourth-order valence-corrected chi connectivity index (χ4v) is 0.717. The summed E-state index contributed by atoms with van der Waals surface area (Å²) in [4.78, 5) is 0. The molecule has 0 bridgehead atoms. The van der Waals surface area contributed by atoms with Crippen LogP contribution in [0.25, 0.3) is 0 Å². The monoisotopic (exact) mass is 161 g/mol. The summed E-state index contributed by atoms with van der Waals surface area (Å²) >= 11 is 0. The molecule has 0 aliphatic rings. The van der Waals surface area contributed by atoms with Crippen LogP contribution in [0.4, 0.5) is 0 Å². The van der Waals surface area contributed by atoms with Gasteiger partial charge in [0.25, 0.3) is 0 Å². The van der Waals surface area contributed by atoms with Crippen molar-refractivity contribution in [3.63, 3.8) is 0 Å². The molecule has 0 spiro atoms. The molecule has 2 atom stereocenters. The van der Waals surface area contributed by atoms with E-state index in [9.17, 15) is 5.11 Å². The van der Waals surface area contributed by atoms with E-state index in [4.69, 9.17) is 9.47 Å². The zero-order chi connectivity index (χ0) is 8.69. The van der Waals surface area contributed by atoms with E-state index >= 15 is 0 Å². The average Bonchev–Trinajstić information content (AvgIpc) is 1.97. The maximum atomic E-state index is 10.9. The molecule has 0 saturated heterocycles. The summed E-state index contributed by atoms with van der Waals surface area (Å²) in [5.41, 5.74) is 0.